The Morgan fingerprint density at radius 2 is 1.79 bits per heavy atom. The van der Waals surface area contributed by atoms with Crippen LogP contribution in [0.15, 0.2) is 30.5 Å². The molecule has 1 fully saturated rings. The van der Waals surface area contributed by atoms with Crippen LogP contribution in [0.1, 0.15) is 30.4 Å². The summed E-state index contributed by atoms with van der Waals surface area (Å²) in [5.74, 6) is -0.412. The van der Waals surface area contributed by atoms with Gasteiger partial charge in [-0.1, -0.05) is 12.1 Å². The highest BCUT2D eigenvalue weighted by Gasteiger charge is 2.35. The number of likely N-dealkylation sites (tertiary alicyclic amines) is 1. The molecule has 1 aromatic carbocycles. The molecule has 13 heteroatoms. The predicted octanol–water partition coefficient (Wildman–Crippen LogP) is 4.32. The van der Waals surface area contributed by atoms with Gasteiger partial charge in [0.2, 0.25) is 11.9 Å². The van der Waals surface area contributed by atoms with Crippen LogP contribution in [-0.2, 0) is 17.5 Å². The molecule has 1 saturated heterocycles. The Labute approximate surface area is 192 Å². The third-order valence-electron chi connectivity index (χ3n) is 5.03. The highest BCUT2D eigenvalue weighted by molar-refractivity contribution is 5.78. The average Bonchev–Trinajstić information content (AvgIpc) is 3.15. The van der Waals surface area contributed by atoms with Crippen molar-refractivity contribution in [3.05, 3.63) is 41.6 Å². The number of hydrogen-bond donors (Lipinski definition) is 3. The molecule has 2 aromatic rings. The molecule has 1 amide bonds. The summed E-state index contributed by atoms with van der Waals surface area (Å²) in [6.45, 7) is 0.187. The minimum absolute atomic E-state index is 0.00760. The third kappa shape index (κ3) is 7.75. The lowest BCUT2D eigenvalue weighted by Crippen LogP contribution is -2.28. The van der Waals surface area contributed by atoms with Crippen molar-refractivity contribution in [1.29, 1.82) is 0 Å². The van der Waals surface area contributed by atoms with E-state index in [-0.39, 0.29) is 30.8 Å². The molecule has 1 aromatic heterocycles. The maximum atomic E-state index is 13.4. The molecule has 0 radical (unpaired) electrons. The lowest BCUT2D eigenvalue weighted by molar-refractivity contribution is -0.137. The summed E-state index contributed by atoms with van der Waals surface area (Å²) in [6, 6.07) is 6.28. The summed E-state index contributed by atoms with van der Waals surface area (Å²) in [7, 11) is 0. The zero-order chi connectivity index (χ0) is 24.8. The van der Waals surface area contributed by atoms with E-state index in [1.807, 2.05) is 0 Å². The summed E-state index contributed by atoms with van der Waals surface area (Å²) in [5.41, 5.74) is 0.0428. The fourth-order valence-corrected chi connectivity index (χ4v) is 3.39. The van der Waals surface area contributed by atoms with Crippen LogP contribution >= 0.6 is 0 Å². The molecule has 7 nitrogen and oxygen atoms in total. The Bertz CT molecular complexity index is 964. The molecule has 34 heavy (non-hydrogen) atoms. The van der Waals surface area contributed by atoms with Crippen LogP contribution in [0.3, 0.4) is 0 Å². The third-order valence-corrected chi connectivity index (χ3v) is 5.03. The molecule has 1 aliphatic heterocycles. The molecule has 0 spiro atoms. The zero-order valence-corrected chi connectivity index (χ0v) is 18.1. The second-order valence-corrected chi connectivity index (χ2v) is 7.76. The Morgan fingerprint density at radius 1 is 1.06 bits per heavy atom. The molecule has 3 N–H and O–H groups in total. The van der Waals surface area contributed by atoms with E-state index in [0.717, 1.165) is 6.42 Å². The maximum absolute atomic E-state index is 13.4. The first-order valence-electron chi connectivity index (χ1n) is 10.6. The molecule has 0 aliphatic carbocycles. The van der Waals surface area contributed by atoms with Gasteiger partial charge in [-0.25, -0.2) is 4.98 Å². The van der Waals surface area contributed by atoms with Crippen molar-refractivity contribution in [2.24, 2.45) is 0 Å². The number of carbonyl (C=O) groups excluding carboxylic acids is 1. The normalized spacial score (nSPS) is 14.5. The summed E-state index contributed by atoms with van der Waals surface area (Å²) in [6.07, 6.45) is -6.54. The topological polar surface area (TPSA) is 82.2 Å². The van der Waals surface area contributed by atoms with Gasteiger partial charge in [0, 0.05) is 44.5 Å². The molecule has 0 saturated carbocycles. The van der Waals surface area contributed by atoms with Gasteiger partial charge in [-0.3, -0.25) is 4.79 Å². The summed E-state index contributed by atoms with van der Waals surface area (Å²) >= 11 is 0. The number of rotatable bonds is 10. The van der Waals surface area contributed by atoms with E-state index in [2.05, 4.69) is 25.9 Å². The molecular weight excluding hydrogens is 466 g/mol. The molecule has 3 rings (SSSR count). The van der Waals surface area contributed by atoms with E-state index in [4.69, 9.17) is 0 Å². The van der Waals surface area contributed by atoms with Crippen LogP contribution in [0, 0.1) is 0 Å². The van der Waals surface area contributed by atoms with Gasteiger partial charge in [0.05, 0.1) is 6.54 Å². The minimum atomic E-state index is -4.66. The quantitative estimate of drug-likeness (QED) is 0.340. The SMILES string of the molecule is O=C1CCCN1CCCNc1nc(Nc2ccc(CNCC(F)(F)F)cc2)ncc1C(F)(F)F. The lowest BCUT2D eigenvalue weighted by atomic mass is 10.2. The number of alkyl halides is 6. The van der Waals surface area contributed by atoms with E-state index in [9.17, 15) is 31.1 Å². The Hall–Kier alpha value is -3.09. The molecule has 186 valence electrons. The summed E-state index contributed by atoms with van der Waals surface area (Å²) in [5, 5.41) is 7.75. The highest BCUT2D eigenvalue weighted by atomic mass is 19.4. The van der Waals surface area contributed by atoms with E-state index >= 15 is 0 Å². The minimum Gasteiger partial charge on any atom is -0.369 e. The monoisotopic (exact) mass is 490 g/mol. The zero-order valence-electron chi connectivity index (χ0n) is 18.1. The van der Waals surface area contributed by atoms with Crippen molar-refractivity contribution in [2.45, 2.75) is 38.2 Å². The second-order valence-electron chi connectivity index (χ2n) is 7.76. The van der Waals surface area contributed by atoms with E-state index in [0.29, 0.717) is 43.4 Å². The number of nitrogens with one attached hydrogen (secondary N) is 3. The molecule has 0 atom stereocenters. The molecule has 0 unspecified atom stereocenters. The molecule has 2 heterocycles. The maximum Gasteiger partial charge on any atom is 0.421 e. The van der Waals surface area contributed by atoms with Crippen molar-refractivity contribution in [2.75, 3.05) is 36.8 Å². The van der Waals surface area contributed by atoms with Gasteiger partial charge < -0.3 is 20.9 Å². The average molecular weight is 490 g/mol. The number of carbonyl (C=O) groups is 1. The first-order chi connectivity index (χ1) is 16.0. The fourth-order valence-electron chi connectivity index (χ4n) is 3.39. The van der Waals surface area contributed by atoms with E-state index in [1.165, 1.54) is 0 Å². The number of amides is 1. The predicted molar refractivity (Wildman–Crippen MR) is 113 cm³/mol. The largest absolute Gasteiger partial charge is 0.421 e. The van der Waals surface area contributed by atoms with Crippen molar-refractivity contribution < 1.29 is 31.1 Å². The van der Waals surface area contributed by atoms with Gasteiger partial charge in [-0.2, -0.15) is 31.3 Å². The number of hydrogen-bond acceptors (Lipinski definition) is 6. The first-order valence-corrected chi connectivity index (χ1v) is 10.6. The van der Waals surface area contributed by atoms with Crippen LogP contribution < -0.4 is 16.0 Å². The van der Waals surface area contributed by atoms with Gasteiger partial charge in [-0.15, -0.1) is 0 Å². The van der Waals surface area contributed by atoms with Gasteiger partial charge in [0.1, 0.15) is 11.4 Å². The smallest absolute Gasteiger partial charge is 0.369 e. The molecule has 0 bridgehead atoms. The summed E-state index contributed by atoms with van der Waals surface area (Å²) in [4.78, 5) is 21.0. The lowest BCUT2D eigenvalue weighted by Gasteiger charge is -2.17. The van der Waals surface area contributed by atoms with Crippen LogP contribution in [-0.4, -0.2) is 53.1 Å². The Balaban J connectivity index is 1.60. The number of anilines is 3. The van der Waals surface area contributed by atoms with Crippen LogP contribution in [0.5, 0.6) is 0 Å². The highest BCUT2D eigenvalue weighted by Crippen LogP contribution is 2.34. The van der Waals surface area contributed by atoms with Crippen LogP contribution in [0.25, 0.3) is 0 Å². The second kappa shape index (κ2) is 10.9. The van der Waals surface area contributed by atoms with Crippen molar-refractivity contribution in [1.82, 2.24) is 20.2 Å². The van der Waals surface area contributed by atoms with Gasteiger partial charge in [-0.05, 0) is 30.5 Å². The van der Waals surface area contributed by atoms with Crippen molar-refractivity contribution in [3.8, 4) is 0 Å². The standard InChI is InChI=1S/C21H24F6N6O/c22-20(23,24)13-28-11-14-4-6-15(7-5-14)31-19-30-12-16(21(25,26)27)18(32-19)29-8-2-10-33-9-1-3-17(33)34/h4-7,12,28H,1-3,8-11,13H2,(H2,29,30,31,32). The van der Waals surface area contributed by atoms with E-state index in [1.54, 1.807) is 29.2 Å². The van der Waals surface area contributed by atoms with Gasteiger partial charge >= 0.3 is 12.4 Å². The first kappa shape index (κ1) is 25.5. The van der Waals surface area contributed by atoms with Gasteiger partial charge in [0.15, 0.2) is 0 Å². The number of aromatic nitrogens is 2. The van der Waals surface area contributed by atoms with Gasteiger partial charge in [0.25, 0.3) is 0 Å². The van der Waals surface area contributed by atoms with Crippen molar-refractivity contribution >= 4 is 23.4 Å². The van der Waals surface area contributed by atoms with Crippen molar-refractivity contribution in [3.63, 3.8) is 0 Å². The number of halogens is 6. The fraction of sp³-hybridized carbons (Fsp3) is 0.476. The number of benzene rings is 1. The van der Waals surface area contributed by atoms with E-state index < -0.39 is 24.5 Å². The number of nitrogens with zero attached hydrogens (tertiary/aromatic N) is 3. The van der Waals surface area contributed by atoms with Crippen LogP contribution in [0.4, 0.5) is 43.8 Å². The summed E-state index contributed by atoms with van der Waals surface area (Å²) < 4.78 is 76.7. The Morgan fingerprint density at radius 3 is 2.41 bits per heavy atom. The molecular formula is C21H24F6N6O. The van der Waals surface area contributed by atoms with Crippen LogP contribution in [0.2, 0.25) is 0 Å². The Kier molecular flexibility index (Phi) is 8.18. The molecule has 1 aliphatic rings.